The topological polar surface area (TPSA) is 43.4 Å². The van der Waals surface area contributed by atoms with Crippen LogP contribution in [0.2, 0.25) is 0 Å². The fourth-order valence-electron chi connectivity index (χ4n) is 1.64. The van der Waals surface area contributed by atoms with Crippen molar-refractivity contribution in [1.82, 2.24) is 0 Å². The van der Waals surface area contributed by atoms with Gasteiger partial charge >= 0.3 is 11.9 Å². The molecule has 3 nitrogen and oxygen atoms in total. The molecule has 0 bridgehead atoms. The maximum atomic E-state index is 12.7. The zero-order valence-corrected chi connectivity index (χ0v) is 11.9. The van der Waals surface area contributed by atoms with Gasteiger partial charge in [0.1, 0.15) is 11.6 Å². The van der Waals surface area contributed by atoms with Crippen molar-refractivity contribution >= 4 is 24.1 Å². The molecule has 0 saturated heterocycles. The third-order valence-corrected chi connectivity index (χ3v) is 2.76. The lowest BCUT2D eigenvalue weighted by Gasteiger charge is -1.96. The Kier molecular flexibility index (Phi) is 5.52. The number of halogens is 2. The van der Waals surface area contributed by atoms with Gasteiger partial charge in [-0.05, 0) is 47.5 Å². The Morgan fingerprint density at radius 2 is 1.04 bits per heavy atom. The van der Waals surface area contributed by atoms with Crippen LogP contribution in [0, 0.1) is 11.6 Å². The fraction of sp³-hybridized carbons (Fsp3) is 0. The summed E-state index contributed by atoms with van der Waals surface area (Å²) in [5, 5.41) is 0. The molecule has 2 rings (SSSR count). The Labute approximate surface area is 131 Å². The van der Waals surface area contributed by atoms with Gasteiger partial charge in [0.15, 0.2) is 0 Å². The van der Waals surface area contributed by atoms with Crippen molar-refractivity contribution in [3.63, 3.8) is 0 Å². The molecular weight excluding hydrogens is 302 g/mol. The van der Waals surface area contributed by atoms with Gasteiger partial charge in [0, 0.05) is 12.2 Å². The zero-order valence-electron chi connectivity index (χ0n) is 11.9. The first-order valence-corrected chi connectivity index (χ1v) is 6.66. The molecule has 0 atom stereocenters. The van der Waals surface area contributed by atoms with Gasteiger partial charge in [0.05, 0.1) is 0 Å². The number of hydrogen-bond acceptors (Lipinski definition) is 3. The number of esters is 2. The molecule has 0 N–H and O–H groups in total. The molecule has 0 aromatic heterocycles. The molecule has 0 unspecified atom stereocenters. The lowest BCUT2D eigenvalue weighted by Crippen LogP contribution is -2.06. The summed E-state index contributed by atoms with van der Waals surface area (Å²) in [4.78, 5) is 22.9. The van der Waals surface area contributed by atoms with Crippen LogP contribution in [0.1, 0.15) is 11.1 Å². The number of carbonyl (C=O) groups excluding carboxylic acids is 2. The van der Waals surface area contributed by atoms with Crippen molar-refractivity contribution in [2.75, 3.05) is 0 Å². The molecule has 0 aliphatic heterocycles. The van der Waals surface area contributed by atoms with Gasteiger partial charge in [-0.3, -0.25) is 0 Å². The van der Waals surface area contributed by atoms with Gasteiger partial charge in [0.25, 0.3) is 0 Å². The van der Waals surface area contributed by atoms with Crippen LogP contribution in [-0.2, 0) is 14.3 Å². The van der Waals surface area contributed by atoms with E-state index in [0.29, 0.717) is 11.1 Å². The minimum Gasteiger partial charge on any atom is -0.387 e. The first-order valence-electron chi connectivity index (χ1n) is 6.66. The van der Waals surface area contributed by atoms with Crippen LogP contribution in [-0.4, -0.2) is 11.9 Å². The Hall–Kier alpha value is -3.08. The van der Waals surface area contributed by atoms with E-state index in [-0.39, 0.29) is 11.6 Å². The first-order chi connectivity index (χ1) is 11.0. The molecule has 0 aliphatic carbocycles. The smallest absolute Gasteiger partial charge is 0.338 e. The summed E-state index contributed by atoms with van der Waals surface area (Å²) in [7, 11) is 0. The molecule has 0 aliphatic rings. The number of ether oxygens (including phenoxy) is 1. The van der Waals surface area contributed by atoms with Crippen molar-refractivity contribution in [3.05, 3.63) is 83.4 Å². The van der Waals surface area contributed by atoms with E-state index in [1.807, 2.05) is 0 Å². The second-order valence-electron chi connectivity index (χ2n) is 4.51. The quantitative estimate of drug-likeness (QED) is 0.490. The van der Waals surface area contributed by atoms with Gasteiger partial charge in [0.2, 0.25) is 0 Å². The molecular formula is C18H12F2O3. The second-order valence-corrected chi connectivity index (χ2v) is 4.51. The summed E-state index contributed by atoms with van der Waals surface area (Å²) in [6.07, 6.45) is 4.94. The average molecular weight is 314 g/mol. The Bertz CT molecular complexity index is 679. The lowest BCUT2D eigenvalue weighted by atomic mass is 10.2. The molecule has 116 valence electrons. The van der Waals surface area contributed by atoms with E-state index < -0.39 is 11.9 Å². The SMILES string of the molecule is O=C(/C=C/c1ccc(F)cc1)OC(=O)/C=C/c1ccc(F)cc1. The van der Waals surface area contributed by atoms with Gasteiger partial charge in [-0.25, -0.2) is 18.4 Å². The summed E-state index contributed by atoms with van der Waals surface area (Å²) in [5.41, 5.74) is 1.19. The third kappa shape index (κ3) is 5.67. The molecule has 0 amide bonds. The van der Waals surface area contributed by atoms with Crippen LogP contribution in [0.15, 0.2) is 60.7 Å². The van der Waals surface area contributed by atoms with Crippen molar-refractivity contribution in [3.8, 4) is 0 Å². The van der Waals surface area contributed by atoms with Crippen LogP contribution in [0.5, 0.6) is 0 Å². The van der Waals surface area contributed by atoms with Crippen LogP contribution < -0.4 is 0 Å². The van der Waals surface area contributed by atoms with Gasteiger partial charge in [-0.1, -0.05) is 24.3 Å². The predicted octanol–water partition coefficient (Wildman–Crippen LogP) is 3.76. The van der Waals surface area contributed by atoms with E-state index in [9.17, 15) is 18.4 Å². The van der Waals surface area contributed by atoms with Gasteiger partial charge in [-0.2, -0.15) is 0 Å². The molecule has 0 radical (unpaired) electrons. The maximum absolute atomic E-state index is 12.7. The number of carbonyl (C=O) groups is 2. The summed E-state index contributed by atoms with van der Waals surface area (Å²) in [6, 6.07) is 10.9. The molecule has 5 heteroatoms. The Morgan fingerprint density at radius 3 is 1.39 bits per heavy atom. The van der Waals surface area contributed by atoms with Crippen molar-refractivity contribution < 1.29 is 23.1 Å². The van der Waals surface area contributed by atoms with Crippen LogP contribution in [0.25, 0.3) is 12.2 Å². The molecule has 0 saturated carbocycles. The highest BCUT2D eigenvalue weighted by Crippen LogP contribution is 2.06. The zero-order chi connectivity index (χ0) is 16.7. The molecule has 0 spiro atoms. The summed E-state index contributed by atoms with van der Waals surface area (Å²) >= 11 is 0. The molecule has 2 aromatic rings. The lowest BCUT2D eigenvalue weighted by molar-refractivity contribution is -0.152. The summed E-state index contributed by atoms with van der Waals surface area (Å²) in [6.45, 7) is 0. The van der Waals surface area contributed by atoms with Crippen molar-refractivity contribution in [2.45, 2.75) is 0 Å². The van der Waals surface area contributed by atoms with E-state index in [0.717, 1.165) is 12.2 Å². The van der Waals surface area contributed by atoms with E-state index in [4.69, 9.17) is 0 Å². The molecule has 0 fully saturated rings. The number of rotatable bonds is 4. The first kappa shape index (κ1) is 16.3. The van der Waals surface area contributed by atoms with E-state index in [1.165, 1.54) is 60.7 Å². The van der Waals surface area contributed by atoms with Gasteiger partial charge < -0.3 is 4.74 Å². The molecule has 0 heterocycles. The van der Waals surface area contributed by atoms with Crippen LogP contribution in [0.4, 0.5) is 8.78 Å². The van der Waals surface area contributed by atoms with E-state index in [1.54, 1.807) is 0 Å². The predicted molar refractivity (Wildman–Crippen MR) is 82.0 cm³/mol. The second kappa shape index (κ2) is 7.79. The number of hydrogen-bond donors (Lipinski definition) is 0. The highest BCUT2D eigenvalue weighted by molar-refractivity contribution is 5.99. The Morgan fingerprint density at radius 1 is 0.696 bits per heavy atom. The highest BCUT2D eigenvalue weighted by Gasteiger charge is 2.03. The fourth-order valence-corrected chi connectivity index (χ4v) is 1.64. The summed E-state index contributed by atoms with van der Waals surface area (Å²) < 4.78 is 30.0. The minimum atomic E-state index is -0.844. The van der Waals surface area contributed by atoms with E-state index in [2.05, 4.69) is 4.74 Å². The van der Waals surface area contributed by atoms with E-state index >= 15 is 0 Å². The molecule has 2 aromatic carbocycles. The standard InChI is InChI=1S/C18H12F2O3/c19-15-7-1-13(2-8-15)5-11-17(21)23-18(22)12-6-14-3-9-16(20)10-4-14/h1-12H/b11-5+,12-6+. The highest BCUT2D eigenvalue weighted by atomic mass is 19.1. The van der Waals surface area contributed by atoms with Crippen LogP contribution in [0.3, 0.4) is 0 Å². The maximum Gasteiger partial charge on any atom is 0.338 e. The van der Waals surface area contributed by atoms with Gasteiger partial charge in [-0.15, -0.1) is 0 Å². The number of benzene rings is 2. The van der Waals surface area contributed by atoms with Crippen LogP contribution >= 0.6 is 0 Å². The average Bonchev–Trinajstić information content (AvgIpc) is 2.54. The van der Waals surface area contributed by atoms with Crippen molar-refractivity contribution in [2.24, 2.45) is 0 Å². The third-order valence-electron chi connectivity index (χ3n) is 2.76. The Balaban J connectivity index is 1.88. The largest absolute Gasteiger partial charge is 0.387 e. The normalized spacial score (nSPS) is 11.0. The minimum absolute atomic E-state index is 0.383. The monoisotopic (exact) mass is 314 g/mol. The molecule has 23 heavy (non-hydrogen) atoms. The summed E-state index contributed by atoms with van der Waals surface area (Å²) in [5.74, 6) is -2.46. The van der Waals surface area contributed by atoms with Crippen molar-refractivity contribution in [1.29, 1.82) is 0 Å².